The molecule has 0 amide bonds. The van der Waals surface area contributed by atoms with E-state index in [0.717, 1.165) is 45.0 Å². The van der Waals surface area contributed by atoms with Crippen LogP contribution in [0.5, 0.6) is 0 Å². The fourth-order valence-corrected chi connectivity index (χ4v) is 2.90. The molecule has 1 heterocycles. The first-order valence-corrected chi connectivity index (χ1v) is 6.95. The molecule has 1 saturated heterocycles. The third-order valence-electron chi connectivity index (χ3n) is 3.95. The van der Waals surface area contributed by atoms with Crippen molar-refractivity contribution >= 4 is 0 Å². The molecule has 1 N–H and O–H groups in total. The van der Waals surface area contributed by atoms with Gasteiger partial charge in [0.2, 0.25) is 0 Å². The standard InChI is InChI=1S/C14H29NO2/c1-4-7-14(2,12-16)11-15-8-5-13(6-9-15)10-17-3/h13,16H,4-12H2,1-3H3. The zero-order valence-corrected chi connectivity index (χ0v) is 11.7. The molecule has 1 atom stereocenters. The van der Waals surface area contributed by atoms with Crippen molar-refractivity contribution in [2.75, 3.05) is 40.0 Å². The summed E-state index contributed by atoms with van der Waals surface area (Å²) in [4.78, 5) is 2.51. The number of likely N-dealkylation sites (tertiary alicyclic amines) is 1. The molecular formula is C14H29NO2. The van der Waals surface area contributed by atoms with Crippen molar-refractivity contribution in [1.82, 2.24) is 4.90 Å². The molecule has 3 heteroatoms. The molecule has 1 aliphatic heterocycles. The Kier molecular flexibility index (Phi) is 6.45. The molecule has 1 unspecified atom stereocenters. The zero-order valence-electron chi connectivity index (χ0n) is 11.7. The van der Waals surface area contributed by atoms with Gasteiger partial charge in [-0.2, -0.15) is 0 Å². The summed E-state index contributed by atoms with van der Waals surface area (Å²) < 4.78 is 5.22. The topological polar surface area (TPSA) is 32.7 Å². The molecule has 0 bridgehead atoms. The Morgan fingerprint density at radius 3 is 2.47 bits per heavy atom. The van der Waals surface area contributed by atoms with Gasteiger partial charge in [-0.05, 0) is 38.3 Å². The minimum atomic E-state index is 0.0862. The van der Waals surface area contributed by atoms with Crippen LogP contribution in [0.1, 0.15) is 39.5 Å². The number of aliphatic hydroxyl groups excluding tert-OH is 1. The summed E-state index contributed by atoms with van der Waals surface area (Å²) in [5.41, 5.74) is 0.0862. The van der Waals surface area contributed by atoms with Gasteiger partial charge >= 0.3 is 0 Å². The summed E-state index contributed by atoms with van der Waals surface area (Å²) in [6.07, 6.45) is 4.74. The van der Waals surface area contributed by atoms with Gasteiger partial charge in [0.1, 0.15) is 0 Å². The van der Waals surface area contributed by atoms with E-state index in [1.165, 1.54) is 12.8 Å². The first kappa shape index (κ1) is 14.9. The van der Waals surface area contributed by atoms with Crippen LogP contribution in [0.4, 0.5) is 0 Å². The second-order valence-corrected chi connectivity index (χ2v) is 5.89. The number of hydrogen-bond acceptors (Lipinski definition) is 3. The number of ether oxygens (including phenoxy) is 1. The summed E-state index contributed by atoms with van der Waals surface area (Å²) >= 11 is 0. The highest BCUT2D eigenvalue weighted by atomic mass is 16.5. The predicted octanol–water partition coefficient (Wildman–Crippen LogP) is 2.14. The third kappa shape index (κ3) is 4.94. The number of hydrogen-bond donors (Lipinski definition) is 1. The van der Waals surface area contributed by atoms with E-state index < -0.39 is 0 Å². The lowest BCUT2D eigenvalue weighted by molar-refractivity contribution is 0.0479. The molecule has 0 radical (unpaired) electrons. The molecule has 0 aromatic rings. The van der Waals surface area contributed by atoms with E-state index in [4.69, 9.17) is 4.74 Å². The number of rotatable bonds is 7. The van der Waals surface area contributed by atoms with Crippen LogP contribution in [-0.2, 0) is 4.74 Å². The Bertz CT molecular complexity index is 202. The molecular weight excluding hydrogens is 214 g/mol. The minimum Gasteiger partial charge on any atom is -0.396 e. The average molecular weight is 243 g/mol. The van der Waals surface area contributed by atoms with Crippen LogP contribution >= 0.6 is 0 Å². The van der Waals surface area contributed by atoms with Crippen molar-refractivity contribution in [3.63, 3.8) is 0 Å². The van der Waals surface area contributed by atoms with E-state index in [9.17, 15) is 5.11 Å². The molecule has 1 aliphatic rings. The molecule has 1 rings (SSSR count). The highest BCUT2D eigenvalue weighted by Gasteiger charge is 2.28. The number of aliphatic hydroxyl groups is 1. The van der Waals surface area contributed by atoms with Crippen LogP contribution < -0.4 is 0 Å². The third-order valence-corrected chi connectivity index (χ3v) is 3.95. The lowest BCUT2D eigenvalue weighted by Crippen LogP contribution is -2.43. The van der Waals surface area contributed by atoms with Crippen LogP contribution in [0.3, 0.4) is 0 Å². The summed E-state index contributed by atoms with van der Waals surface area (Å²) in [5, 5.41) is 9.54. The highest BCUT2D eigenvalue weighted by molar-refractivity contribution is 4.80. The van der Waals surface area contributed by atoms with Crippen LogP contribution in [0, 0.1) is 11.3 Å². The largest absolute Gasteiger partial charge is 0.396 e. The Labute approximate surface area is 106 Å². The van der Waals surface area contributed by atoms with Crippen LogP contribution in [0.2, 0.25) is 0 Å². The summed E-state index contributed by atoms with van der Waals surface area (Å²) in [5.74, 6) is 0.739. The maximum absolute atomic E-state index is 9.54. The average Bonchev–Trinajstić information content (AvgIpc) is 2.32. The van der Waals surface area contributed by atoms with Gasteiger partial charge < -0.3 is 14.7 Å². The van der Waals surface area contributed by atoms with Crippen molar-refractivity contribution in [3.05, 3.63) is 0 Å². The Morgan fingerprint density at radius 2 is 2.00 bits per heavy atom. The summed E-state index contributed by atoms with van der Waals surface area (Å²) in [7, 11) is 1.79. The second kappa shape index (κ2) is 7.34. The minimum absolute atomic E-state index is 0.0862. The maximum atomic E-state index is 9.54. The second-order valence-electron chi connectivity index (χ2n) is 5.89. The van der Waals surface area contributed by atoms with E-state index in [2.05, 4.69) is 18.7 Å². The fraction of sp³-hybridized carbons (Fsp3) is 1.00. The molecule has 3 nitrogen and oxygen atoms in total. The van der Waals surface area contributed by atoms with Gasteiger partial charge in [-0.15, -0.1) is 0 Å². The lowest BCUT2D eigenvalue weighted by atomic mass is 9.85. The Morgan fingerprint density at radius 1 is 1.35 bits per heavy atom. The molecule has 0 spiro atoms. The van der Waals surface area contributed by atoms with E-state index in [0.29, 0.717) is 6.61 Å². The van der Waals surface area contributed by atoms with Gasteiger partial charge in [0.25, 0.3) is 0 Å². The molecule has 0 aromatic carbocycles. The molecule has 17 heavy (non-hydrogen) atoms. The van der Waals surface area contributed by atoms with E-state index in [1.54, 1.807) is 7.11 Å². The van der Waals surface area contributed by atoms with Crippen molar-refractivity contribution in [2.24, 2.45) is 11.3 Å². The van der Waals surface area contributed by atoms with E-state index in [1.807, 2.05) is 0 Å². The molecule has 1 fully saturated rings. The first-order valence-electron chi connectivity index (χ1n) is 6.95. The van der Waals surface area contributed by atoms with E-state index >= 15 is 0 Å². The highest BCUT2D eigenvalue weighted by Crippen LogP contribution is 2.26. The van der Waals surface area contributed by atoms with E-state index in [-0.39, 0.29) is 5.41 Å². The molecule has 0 aromatic heterocycles. The zero-order chi connectivity index (χ0) is 12.7. The number of piperidine rings is 1. The SMILES string of the molecule is CCCC(C)(CO)CN1CCC(COC)CC1. The predicted molar refractivity (Wildman–Crippen MR) is 71.1 cm³/mol. The normalized spacial score (nSPS) is 22.6. The van der Waals surface area contributed by atoms with Gasteiger partial charge in [-0.25, -0.2) is 0 Å². The number of methoxy groups -OCH3 is 1. The van der Waals surface area contributed by atoms with Gasteiger partial charge in [0, 0.05) is 32.3 Å². The molecule has 0 saturated carbocycles. The van der Waals surface area contributed by atoms with Crippen molar-refractivity contribution in [1.29, 1.82) is 0 Å². The van der Waals surface area contributed by atoms with Gasteiger partial charge in [-0.1, -0.05) is 20.3 Å². The first-order chi connectivity index (χ1) is 8.13. The monoisotopic (exact) mass is 243 g/mol. The molecule has 0 aliphatic carbocycles. The smallest absolute Gasteiger partial charge is 0.0497 e. The summed E-state index contributed by atoms with van der Waals surface area (Å²) in [6, 6.07) is 0. The van der Waals surface area contributed by atoms with Gasteiger partial charge in [0.05, 0.1) is 0 Å². The van der Waals surface area contributed by atoms with Crippen LogP contribution in [0.25, 0.3) is 0 Å². The van der Waals surface area contributed by atoms with Crippen LogP contribution in [0.15, 0.2) is 0 Å². The van der Waals surface area contributed by atoms with Gasteiger partial charge in [-0.3, -0.25) is 0 Å². The van der Waals surface area contributed by atoms with Crippen LogP contribution in [-0.4, -0.2) is 50.0 Å². The lowest BCUT2D eigenvalue weighted by Gasteiger charge is -2.38. The molecule has 102 valence electrons. The van der Waals surface area contributed by atoms with Crippen molar-refractivity contribution in [2.45, 2.75) is 39.5 Å². The Balaban J connectivity index is 2.33. The van der Waals surface area contributed by atoms with Gasteiger partial charge in [0.15, 0.2) is 0 Å². The fourth-order valence-electron chi connectivity index (χ4n) is 2.90. The Hall–Kier alpha value is -0.120. The number of nitrogens with zero attached hydrogens (tertiary/aromatic N) is 1. The van der Waals surface area contributed by atoms with Crippen molar-refractivity contribution < 1.29 is 9.84 Å². The summed E-state index contributed by atoms with van der Waals surface area (Å²) in [6.45, 7) is 8.97. The van der Waals surface area contributed by atoms with Crippen molar-refractivity contribution in [3.8, 4) is 0 Å². The quantitative estimate of drug-likeness (QED) is 0.743. The maximum Gasteiger partial charge on any atom is 0.0497 e.